The summed E-state index contributed by atoms with van der Waals surface area (Å²) in [5.41, 5.74) is 5.28. The molecule has 0 aromatic carbocycles. The molecule has 0 spiro atoms. The molecule has 0 radical (unpaired) electrons. The molecule has 1 amide bonds. The highest BCUT2D eigenvalue weighted by molar-refractivity contribution is 7.91. The van der Waals surface area contributed by atoms with E-state index in [1.54, 1.807) is 24.4 Å². The number of carbonyl (C=O) groups is 1. The number of primary amides is 1. The Morgan fingerprint density at radius 1 is 1.50 bits per heavy atom. The molecule has 0 saturated carbocycles. The van der Waals surface area contributed by atoms with Gasteiger partial charge in [0.15, 0.2) is 0 Å². The van der Waals surface area contributed by atoms with Crippen molar-refractivity contribution in [3.05, 3.63) is 17.5 Å². The SMILES string of the molecule is C[C@@H](C(N)=O)N1CCC(NS(=O)(=O)c2cccs2)CC1. The molecule has 2 rings (SSSR count). The second-order valence-corrected chi connectivity index (χ2v) is 7.83. The minimum Gasteiger partial charge on any atom is -0.368 e. The first kappa shape index (κ1) is 15.4. The fraction of sp³-hybridized carbons (Fsp3) is 0.583. The van der Waals surface area contributed by atoms with Crippen LogP contribution in [0, 0.1) is 0 Å². The van der Waals surface area contributed by atoms with Crippen LogP contribution in [0.4, 0.5) is 0 Å². The minimum atomic E-state index is -3.41. The number of rotatable bonds is 5. The molecule has 1 fully saturated rings. The number of nitrogens with one attached hydrogen (secondary N) is 1. The van der Waals surface area contributed by atoms with Crippen LogP contribution in [0.3, 0.4) is 0 Å². The smallest absolute Gasteiger partial charge is 0.250 e. The van der Waals surface area contributed by atoms with Crippen molar-refractivity contribution in [1.82, 2.24) is 9.62 Å². The van der Waals surface area contributed by atoms with E-state index < -0.39 is 10.0 Å². The van der Waals surface area contributed by atoms with Crippen LogP contribution in [0.25, 0.3) is 0 Å². The van der Waals surface area contributed by atoms with Crippen molar-refractivity contribution in [2.45, 2.75) is 36.1 Å². The third kappa shape index (κ3) is 3.57. The Morgan fingerprint density at radius 3 is 2.65 bits per heavy atom. The molecule has 2 heterocycles. The van der Waals surface area contributed by atoms with E-state index in [9.17, 15) is 13.2 Å². The van der Waals surface area contributed by atoms with Gasteiger partial charge in [-0.25, -0.2) is 13.1 Å². The van der Waals surface area contributed by atoms with E-state index in [4.69, 9.17) is 5.73 Å². The Kier molecular flexibility index (Phi) is 4.79. The van der Waals surface area contributed by atoms with E-state index in [0.29, 0.717) is 30.1 Å². The monoisotopic (exact) mass is 317 g/mol. The number of nitrogens with two attached hydrogens (primary N) is 1. The Hall–Kier alpha value is -0.960. The average Bonchev–Trinajstić information content (AvgIpc) is 2.93. The summed E-state index contributed by atoms with van der Waals surface area (Å²) < 4.78 is 27.3. The Bertz CT molecular complexity index is 549. The second-order valence-electron chi connectivity index (χ2n) is 4.94. The summed E-state index contributed by atoms with van der Waals surface area (Å²) in [5.74, 6) is -0.345. The predicted octanol–water partition coefficient (Wildman–Crippen LogP) is 0.365. The highest BCUT2D eigenvalue weighted by Crippen LogP contribution is 2.19. The van der Waals surface area contributed by atoms with Gasteiger partial charge in [-0.1, -0.05) is 6.07 Å². The number of likely N-dealkylation sites (tertiary alicyclic amines) is 1. The van der Waals surface area contributed by atoms with Crippen molar-refractivity contribution in [3.8, 4) is 0 Å². The first-order valence-electron chi connectivity index (χ1n) is 6.49. The number of thiophene rings is 1. The normalized spacial score (nSPS) is 19.9. The summed E-state index contributed by atoms with van der Waals surface area (Å²) in [6.45, 7) is 3.11. The number of hydrogen-bond donors (Lipinski definition) is 2. The van der Waals surface area contributed by atoms with E-state index in [2.05, 4.69) is 4.72 Å². The van der Waals surface area contributed by atoms with E-state index in [0.717, 1.165) is 0 Å². The number of amides is 1. The zero-order valence-corrected chi connectivity index (χ0v) is 12.9. The summed E-state index contributed by atoms with van der Waals surface area (Å²) >= 11 is 1.21. The van der Waals surface area contributed by atoms with Crippen LogP contribution in [0.2, 0.25) is 0 Å². The number of nitrogens with zero attached hydrogens (tertiary/aromatic N) is 1. The van der Waals surface area contributed by atoms with Gasteiger partial charge in [-0.05, 0) is 31.2 Å². The van der Waals surface area contributed by atoms with Crippen LogP contribution in [-0.2, 0) is 14.8 Å². The first-order valence-corrected chi connectivity index (χ1v) is 8.85. The molecule has 1 aliphatic rings. The average molecular weight is 317 g/mol. The lowest BCUT2D eigenvalue weighted by Gasteiger charge is -2.34. The third-order valence-corrected chi connectivity index (χ3v) is 6.49. The second kappa shape index (κ2) is 6.21. The van der Waals surface area contributed by atoms with E-state index >= 15 is 0 Å². The lowest BCUT2D eigenvalue weighted by atomic mass is 10.0. The van der Waals surface area contributed by atoms with Gasteiger partial charge in [-0.2, -0.15) is 0 Å². The summed E-state index contributed by atoms with van der Waals surface area (Å²) in [5, 5.41) is 1.74. The lowest BCUT2D eigenvalue weighted by Crippen LogP contribution is -2.50. The van der Waals surface area contributed by atoms with Crippen LogP contribution < -0.4 is 10.5 Å². The van der Waals surface area contributed by atoms with Gasteiger partial charge in [-0.3, -0.25) is 9.69 Å². The molecule has 0 unspecified atom stereocenters. The quantitative estimate of drug-likeness (QED) is 0.820. The molecule has 112 valence electrons. The Balaban J connectivity index is 1.91. The maximum Gasteiger partial charge on any atom is 0.250 e. The summed E-state index contributed by atoms with van der Waals surface area (Å²) in [7, 11) is -3.41. The summed E-state index contributed by atoms with van der Waals surface area (Å²) in [4.78, 5) is 13.1. The maximum atomic E-state index is 12.1. The highest BCUT2D eigenvalue weighted by atomic mass is 32.2. The van der Waals surface area contributed by atoms with Gasteiger partial charge >= 0.3 is 0 Å². The van der Waals surface area contributed by atoms with Gasteiger partial charge in [0.2, 0.25) is 15.9 Å². The number of carbonyl (C=O) groups excluding carboxylic acids is 1. The van der Waals surface area contributed by atoms with E-state index in [1.807, 2.05) is 4.90 Å². The van der Waals surface area contributed by atoms with Gasteiger partial charge in [-0.15, -0.1) is 11.3 Å². The molecule has 1 aromatic heterocycles. The van der Waals surface area contributed by atoms with Crippen LogP contribution in [0.5, 0.6) is 0 Å². The standard InChI is InChI=1S/C12H19N3O3S2/c1-9(12(13)16)15-6-4-10(5-7-15)14-20(17,18)11-3-2-8-19-11/h2-3,8-10,14H,4-7H2,1H3,(H2,13,16)/t9-/m0/s1. The van der Waals surface area contributed by atoms with Crippen LogP contribution in [0.1, 0.15) is 19.8 Å². The van der Waals surface area contributed by atoms with Gasteiger partial charge < -0.3 is 5.73 Å². The fourth-order valence-electron chi connectivity index (χ4n) is 2.28. The topological polar surface area (TPSA) is 92.5 Å². The Morgan fingerprint density at radius 2 is 2.15 bits per heavy atom. The van der Waals surface area contributed by atoms with Crippen molar-refractivity contribution in [2.75, 3.05) is 13.1 Å². The largest absolute Gasteiger partial charge is 0.368 e. The fourth-order valence-corrected chi connectivity index (χ4v) is 4.59. The van der Waals surface area contributed by atoms with Crippen LogP contribution in [0.15, 0.2) is 21.7 Å². The zero-order valence-electron chi connectivity index (χ0n) is 11.3. The molecule has 20 heavy (non-hydrogen) atoms. The maximum absolute atomic E-state index is 12.1. The van der Waals surface area contributed by atoms with Crippen molar-refractivity contribution < 1.29 is 13.2 Å². The van der Waals surface area contributed by atoms with Gasteiger partial charge in [0.05, 0.1) is 6.04 Å². The van der Waals surface area contributed by atoms with Gasteiger partial charge in [0, 0.05) is 19.1 Å². The molecule has 6 nitrogen and oxygen atoms in total. The first-order chi connectivity index (χ1) is 9.40. The number of piperidine rings is 1. The minimum absolute atomic E-state index is 0.0848. The van der Waals surface area contributed by atoms with Gasteiger partial charge in [0.1, 0.15) is 4.21 Å². The third-order valence-electron chi connectivity index (χ3n) is 3.57. The summed E-state index contributed by atoms with van der Waals surface area (Å²) in [6.07, 6.45) is 1.37. The number of sulfonamides is 1. The lowest BCUT2D eigenvalue weighted by molar-refractivity contribution is -0.123. The number of hydrogen-bond acceptors (Lipinski definition) is 5. The molecular formula is C12H19N3O3S2. The molecule has 0 aliphatic carbocycles. The van der Waals surface area contributed by atoms with Crippen molar-refractivity contribution in [1.29, 1.82) is 0 Å². The molecule has 1 saturated heterocycles. The van der Waals surface area contributed by atoms with E-state index in [1.165, 1.54) is 11.3 Å². The van der Waals surface area contributed by atoms with Crippen molar-refractivity contribution >= 4 is 27.3 Å². The molecule has 1 aliphatic heterocycles. The summed E-state index contributed by atoms with van der Waals surface area (Å²) in [6, 6.07) is 2.93. The highest BCUT2D eigenvalue weighted by Gasteiger charge is 2.28. The molecule has 1 aromatic rings. The molecule has 8 heteroatoms. The predicted molar refractivity (Wildman–Crippen MR) is 77.9 cm³/mol. The molecule has 1 atom stereocenters. The van der Waals surface area contributed by atoms with Gasteiger partial charge in [0.25, 0.3) is 0 Å². The van der Waals surface area contributed by atoms with Crippen molar-refractivity contribution in [2.24, 2.45) is 5.73 Å². The molecular weight excluding hydrogens is 298 g/mol. The van der Waals surface area contributed by atoms with Crippen molar-refractivity contribution in [3.63, 3.8) is 0 Å². The molecule has 3 N–H and O–H groups in total. The van der Waals surface area contributed by atoms with Crippen LogP contribution >= 0.6 is 11.3 Å². The Labute approximate surface area is 123 Å². The molecule has 0 bridgehead atoms. The van der Waals surface area contributed by atoms with Crippen LogP contribution in [-0.4, -0.2) is 44.4 Å². The zero-order chi connectivity index (χ0) is 14.8. The van der Waals surface area contributed by atoms with E-state index in [-0.39, 0.29) is 18.0 Å².